The fourth-order valence-corrected chi connectivity index (χ4v) is 4.34. The van der Waals surface area contributed by atoms with Crippen LogP contribution >= 0.6 is 0 Å². The first-order valence-electron chi connectivity index (χ1n) is 9.02. The van der Waals surface area contributed by atoms with Crippen LogP contribution in [0, 0.1) is 11.8 Å². The van der Waals surface area contributed by atoms with Crippen molar-refractivity contribution in [1.82, 2.24) is 19.5 Å². The van der Waals surface area contributed by atoms with Crippen LogP contribution in [-0.2, 0) is 4.43 Å². The van der Waals surface area contributed by atoms with Crippen LogP contribution in [0.25, 0.3) is 11.2 Å². The number of nitrogen functional groups attached to an aromatic ring is 1. The molecule has 3 unspecified atom stereocenters. The third-order valence-electron chi connectivity index (χ3n) is 6.13. The van der Waals surface area contributed by atoms with Crippen LogP contribution in [0.1, 0.15) is 33.2 Å². The second-order valence-electron chi connectivity index (χ2n) is 8.76. The van der Waals surface area contributed by atoms with Crippen molar-refractivity contribution in [2.45, 2.75) is 51.4 Å². The van der Waals surface area contributed by atoms with Crippen molar-refractivity contribution in [3.05, 3.63) is 16.7 Å². The quantitative estimate of drug-likeness (QED) is 0.683. The Bertz CT molecular complexity index is 854. The predicted molar refractivity (Wildman–Crippen MR) is 103 cm³/mol. The highest BCUT2D eigenvalue weighted by atomic mass is 28.4. The second-order valence-corrected chi connectivity index (χ2v) is 13.6. The maximum atomic E-state index is 11.9. The summed E-state index contributed by atoms with van der Waals surface area (Å²) in [5.74, 6) is 0.414. The molecule has 1 aliphatic carbocycles. The van der Waals surface area contributed by atoms with Crippen LogP contribution in [0.3, 0.4) is 0 Å². The normalized spacial score (nSPS) is 24.0. The summed E-state index contributed by atoms with van der Waals surface area (Å²) >= 11 is 0. The standard InChI is InChI=1S/C17H29N5O3Si/c1-17(2,3)26(4,5)25-8-10-6-12(11(10)7-23)22-9-19-13-14(22)20-16(18)21-15(13)24/h9-12,23H,6-8H2,1-5H3,(H3,18,20,21,24). The molecular formula is C17H29N5O3Si. The van der Waals surface area contributed by atoms with E-state index >= 15 is 0 Å². The molecule has 0 radical (unpaired) electrons. The van der Waals surface area contributed by atoms with Crippen LogP contribution in [0.4, 0.5) is 5.95 Å². The number of anilines is 1. The summed E-state index contributed by atoms with van der Waals surface area (Å²) in [6, 6.07) is 0.0479. The van der Waals surface area contributed by atoms with E-state index in [0.29, 0.717) is 12.3 Å². The van der Waals surface area contributed by atoms with Crippen LogP contribution in [0.5, 0.6) is 0 Å². The van der Waals surface area contributed by atoms with Gasteiger partial charge in [0.15, 0.2) is 19.5 Å². The van der Waals surface area contributed by atoms with Crippen LogP contribution < -0.4 is 11.3 Å². The fraction of sp³-hybridized carbons (Fsp3) is 0.706. The average Bonchev–Trinajstić information content (AvgIpc) is 2.89. The number of H-pyrrole nitrogens is 1. The molecule has 3 atom stereocenters. The van der Waals surface area contributed by atoms with Gasteiger partial charge in [0.1, 0.15) is 0 Å². The molecule has 0 aromatic carbocycles. The number of fused-ring (bicyclic) bond motifs is 1. The number of hydrogen-bond donors (Lipinski definition) is 3. The smallest absolute Gasteiger partial charge is 0.280 e. The van der Waals surface area contributed by atoms with E-state index in [9.17, 15) is 9.90 Å². The molecule has 0 spiro atoms. The molecule has 4 N–H and O–H groups in total. The molecule has 144 valence electrons. The molecule has 3 rings (SSSR count). The molecule has 9 heteroatoms. The van der Waals surface area contributed by atoms with Gasteiger partial charge < -0.3 is 19.8 Å². The zero-order chi connectivity index (χ0) is 19.3. The van der Waals surface area contributed by atoms with Crippen molar-refractivity contribution in [3.63, 3.8) is 0 Å². The van der Waals surface area contributed by atoms with Crippen molar-refractivity contribution in [2.75, 3.05) is 18.9 Å². The fourth-order valence-electron chi connectivity index (χ4n) is 3.28. The molecule has 0 saturated heterocycles. The topological polar surface area (TPSA) is 119 Å². The molecular weight excluding hydrogens is 350 g/mol. The Kier molecular flexibility index (Phi) is 4.74. The zero-order valence-electron chi connectivity index (χ0n) is 16.1. The van der Waals surface area contributed by atoms with Gasteiger partial charge >= 0.3 is 0 Å². The molecule has 8 nitrogen and oxygen atoms in total. The van der Waals surface area contributed by atoms with Gasteiger partial charge in [-0.15, -0.1) is 0 Å². The molecule has 26 heavy (non-hydrogen) atoms. The van der Waals surface area contributed by atoms with E-state index in [1.54, 1.807) is 6.33 Å². The summed E-state index contributed by atoms with van der Waals surface area (Å²) in [6.07, 6.45) is 2.48. The number of rotatable bonds is 5. The largest absolute Gasteiger partial charge is 0.417 e. The third kappa shape index (κ3) is 3.19. The van der Waals surface area contributed by atoms with Crippen LogP contribution in [0.15, 0.2) is 11.1 Å². The third-order valence-corrected chi connectivity index (χ3v) is 10.6. The minimum absolute atomic E-state index is 0.0479. The highest BCUT2D eigenvalue weighted by molar-refractivity contribution is 6.74. The molecule has 1 fully saturated rings. The molecule has 2 aromatic rings. The number of aromatic nitrogens is 4. The number of nitrogens with one attached hydrogen (secondary N) is 1. The Morgan fingerprint density at radius 3 is 2.77 bits per heavy atom. The van der Waals surface area contributed by atoms with Crippen LogP contribution in [0.2, 0.25) is 18.1 Å². The average molecular weight is 380 g/mol. The second kappa shape index (κ2) is 6.47. The number of imidazole rings is 1. The van der Waals surface area contributed by atoms with E-state index in [0.717, 1.165) is 6.42 Å². The number of nitrogens with two attached hydrogens (primary N) is 1. The minimum atomic E-state index is -1.81. The molecule has 0 amide bonds. The van der Waals surface area contributed by atoms with E-state index in [2.05, 4.69) is 48.8 Å². The van der Waals surface area contributed by atoms with Gasteiger partial charge in [-0.2, -0.15) is 4.98 Å². The summed E-state index contributed by atoms with van der Waals surface area (Å²) < 4.78 is 8.20. The Hall–Kier alpha value is -1.71. The lowest BCUT2D eigenvalue weighted by atomic mass is 9.70. The zero-order valence-corrected chi connectivity index (χ0v) is 17.1. The number of aromatic amines is 1. The molecule has 0 bridgehead atoms. The lowest BCUT2D eigenvalue weighted by molar-refractivity contribution is -0.00217. The summed E-state index contributed by atoms with van der Waals surface area (Å²) in [7, 11) is -1.81. The van der Waals surface area contributed by atoms with Crippen LogP contribution in [-0.4, -0.2) is 46.2 Å². The van der Waals surface area contributed by atoms with Gasteiger partial charge in [-0.3, -0.25) is 9.78 Å². The van der Waals surface area contributed by atoms with Gasteiger partial charge in [0.05, 0.1) is 6.33 Å². The Morgan fingerprint density at radius 2 is 2.15 bits per heavy atom. The Morgan fingerprint density at radius 1 is 1.46 bits per heavy atom. The highest BCUT2D eigenvalue weighted by Gasteiger charge is 2.45. The number of aliphatic hydroxyl groups is 1. The van der Waals surface area contributed by atoms with Gasteiger partial charge in [-0.05, 0) is 30.5 Å². The van der Waals surface area contributed by atoms with Crippen molar-refractivity contribution >= 4 is 25.4 Å². The van der Waals surface area contributed by atoms with Gasteiger partial charge in [-0.25, -0.2) is 4.98 Å². The van der Waals surface area contributed by atoms with E-state index in [-0.39, 0.29) is 46.5 Å². The molecule has 1 saturated carbocycles. The van der Waals surface area contributed by atoms with E-state index in [4.69, 9.17) is 10.2 Å². The maximum absolute atomic E-state index is 11.9. The first-order valence-corrected chi connectivity index (χ1v) is 11.9. The van der Waals surface area contributed by atoms with Crippen molar-refractivity contribution in [1.29, 1.82) is 0 Å². The Balaban J connectivity index is 1.76. The molecule has 1 aliphatic rings. The molecule has 2 heterocycles. The van der Waals surface area contributed by atoms with Gasteiger partial charge in [0, 0.05) is 25.2 Å². The Labute approximate surface area is 153 Å². The number of hydrogen-bond acceptors (Lipinski definition) is 6. The number of nitrogens with zero attached hydrogens (tertiary/aromatic N) is 3. The molecule has 0 aliphatic heterocycles. The van der Waals surface area contributed by atoms with E-state index in [1.165, 1.54) is 0 Å². The first-order chi connectivity index (χ1) is 12.0. The van der Waals surface area contributed by atoms with Gasteiger partial charge in [0.25, 0.3) is 5.56 Å². The van der Waals surface area contributed by atoms with E-state index < -0.39 is 8.32 Å². The lowest BCUT2D eigenvalue weighted by Crippen LogP contribution is -2.47. The number of aliphatic hydroxyl groups excluding tert-OH is 1. The predicted octanol–water partition coefficient (Wildman–Crippen LogP) is 1.89. The highest BCUT2D eigenvalue weighted by Crippen LogP contribution is 2.46. The van der Waals surface area contributed by atoms with Crippen molar-refractivity contribution < 1.29 is 9.53 Å². The molecule has 2 aromatic heterocycles. The minimum Gasteiger partial charge on any atom is -0.417 e. The SMILES string of the molecule is CC(C)(C)[Si](C)(C)OCC1CC(n2cnc3c(=O)[nH]c(N)nc32)C1CO. The summed E-state index contributed by atoms with van der Waals surface area (Å²) in [6.45, 7) is 11.8. The maximum Gasteiger partial charge on any atom is 0.280 e. The van der Waals surface area contributed by atoms with Crippen molar-refractivity contribution in [2.24, 2.45) is 11.8 Å². The first kappa shape index (κ1) is 19.1. The van der Waals surface area contributed by atoms with Gasteiger partial charge in [0.2, 0.25) is 5.95 Å². The summed E-state index contributed by atoms with van der Waals surface area (Å²) in [5, 5.41) is 10.1. The summed E-state index contributed by atoms with van der Waals surface area (Å²) in [4.78, 5) is 22.8. The monoisotopic (exact) mass is 379 g/mol. The van der Waals surface area contributed by atoms with E-state index in [1.807, 2.05) is 4.57 Å². The van der Waals surface area contributed by atoms with Gasteiger partial charge in [-0.1, -0.05) is 20.8 Å². The summed E-state index contributed by atoms with van der Waals surface area (Å²) in [5.41, 5.74) is 6.07. The van der Waals surface area contributed by atoms with Crippen molar-refractivity contribution in [3.8, 4) is 0 Å². The lowest BCUT2D eigenvalue weighted by Gasteiger charge is -2.46.